The van der Waals surface area contributed by atoms with Crippen LogP contribution in [0, 0.1) is 0 Å². The lowest BCUT2D eigenvalue weighted by atomic mass is 10.0. The molecule has 0 heterocycles. The van der Waals surface area contributed by atoms with Gasteiger partial charge in [0.2, 0.25) is 5.91 Å². The van der Waals surface area contributed by atoms with Crippen LogP contribution in [-0.2, 0) is 14.9 Å². The van der Waals surface area contributed by atoms with Crippen molar-refractivity contribution in [3.63, 3.8) is 0 Å². The number of hydrazone groups is 1. The number of nitrogens with one attached hydrogen (secondary N) is 1. The number of amides is 1. The second kappa shape index (κ2) is 9.53. The van der Waals surface area contributed by atoms with Crippen molar-refractivity contribution in [2.24, 2.45) is 5.10 Å². The fourth-order valence-corrected chi connectivity index (χ4v) is 2.84. The first-order valence-corrected chi connectivity index (χ1v) is 10.6. The van der Waals surface area contributed by atoms with Crippen molar-refractivity contribution >= 4 is 33.3 Å². The Morgan fingerprint density at radius 1 is 1.07 bits per heavy atom. The summed E-state index contributed by atoms with van der Waals surface area (Å²) < 4.78 is 27.3. The molecule has 0 aliphatic rings. The molecule has 0 unspecified atom stereocenters. The van der Waals surface area contributed by atoms with Crippen molar-refractivity contribution in [2.75, 3.05) is 6.26 Å². The predicted octanol–water partition coefficient (Wildman–Crippen LogP) is 3.74. The van der Waals surface area contributed by atoms with E-state index in [1.165, 1.54) is 12.1 Å². The van der Waals surface area contributed by atoms with Crippen molar-refractivity contribution in [2.45, 2.75) is 26.2 Å². The van der Waals surface area contributed by atoms with Gasteiger partial charge in [-0.15, -0.1) is 0 Å². The Hall–Kier alpha value is -2.38. The second-order valence-corrected chi connectivity index (χ2v) is 7.93. The summed E-state index contributed by atoms with van der Waals surface area (Å²) in [5, 5.41) is 4.85. The Bertz CT molecular complexity index is 908. The number of carbonyl (C=O) groups excluding carboxylic acids is 1. The van der Waals surface area contributed by atoms with Crippen LogP contribution in [0.1, 0.15) is 37.3 Å². The maximum absolute atomic E-state index is 11.9. The molecule has 1 N–H and O–H groups in total. The van der Waals surface area contributed by atoms with Gasteiger partial charge in [-0.3, -0.25) is 4.79 Å². The first-order chi connectivity index (χ1) is 12.8. The standard InChI is InChI=1S/C19H21ClN2O4S/c1-3-4-5-18(23)21-22-19(14-6-10-16(20)11-7-14)15-8-12-17(13-9-15)26-27(2,24)25/h6-13H,3-5H2,1-2H3,(H,21,23). The average Bonchev–Trinajstić information content (AvgIpc) is 2.61. The molecule has 2 aromatic carbocycles. The van der Waals surface area contributed by atoms with Crippen LogP contribution < -0.4 is 9.61 Å². The van der Waals surface area contributed by atoms with Gasteiger partial charge in [0.15, 0.2) is 0 Å². The lowest BCUT2D eigenvalue weighted by Crippen LogP contribution is -2.20. The molecule has 144 valence electrons. The van der Waals surface area contributed by atoms with Crippen molar-refractivity contribution in [1.82, 2.24) is 5.43 Å². The monoisotopic (exact) mass is 408 g/mol. The van der Waals surface area contributed by atoms with Crippen molar-refractivity contribution in [1.29, 1.82) is 0 Å². The Kier molecular flexibility index (Phi) is 7.38. The molecule has 2 rings (SSSR count). The highest BCUT2D eigenvalue weighted by Gasteiger charge is 2.11. The lowest BCUT2D eigenvalue weighted by molar-refractivity contribution is -0.121. The van der Waals surface area contributed by atoms with Crippen LogP contribution in [0.15, 0.2) is 53.6 Å². The first-order valence-electron chi connectivity index (χ1n) is 8.41. The Labute approximate surface area is 164 Å². The first kappa shape index (κ1) is 20.9. The van der Waals surface area contributed by atoms with E-state index in [9.17, 15) is 13.2 Å². The number of rotatable bonds is 8. The van der Waals surface area contributed by atoms with Crippen molar-refractivity contribution < 1.29 is 17.4 Å². The van der Waals surface area contributed by atoms with E-state index < -0.39 is 10.1 Å². The van der Waals surface area contributed by atoms with Gasteiger partial charge in [-0.1, -0.05) is 37.1 Å². The summed E-state index contributed by atoms with van der Waals surface area (Å²) >= 11 is 5.95. The number of benzene rings is 2. The maximum Gasteiger partial charge on any atom is 0.306 e. The highest BCUT2D eigenvalue weighted by molar-refractivity contribution is 7.86. The highest BCUT2D eigenvalue weighted by Crippen LogP contribution is 2.18. The van der Waals surface area contributed by atoms with Crippen molar-refractivity contribution in [3.8, 4) is 5.75 Å². The molecule has 0 atom stereocenters. The Balaban J connectivity index is 2.31. The molecule has 0 aromatic heterocycles. The van der Waals surface area contributed by atoms with E-state index in [0.29, 0.717) is 22.7 Å². The molecule has 8 heteroatoms. The van der Waals surface area contributed by atoms with Gasteiger partial charge in [0.1, 0.15) is 5.75 Å². The number of unbranched alkanes of at least 4 members (excludes halogenated alkanes) is 1. The van der Waals surface area contributed by atoms with E-state index >= 15 is 0 Å². The van der Waals surface area contributed by atoms with Gasteiger partial charge in [0.05, 0.1) is 12.0 Å². The predicted molar refractivity (Wildman–Crippen MR) is 107 cm³/mol. The van der Waals surface area contributed by atoms with E-state index in [0.717, 1.165) is 24.7 Å². The molecule has 0 aliphatic carbocycles. The molecule has 0 fully saturated rings. The molecule has 1 amide bonds. The molecular formula is C19H21ClN2O4S. The summed E-state index contributed by atoms with van der Waals surface area (Å²) in [7, 11) is -3.60. The minimum Gasteiger partial charge on any atom is -0.383 e. The van der Waals surface area contributed by atoms with Crippen LogP contribution in [-0.4, -0.2) is 26.3 Å². The molecule has 2 aromatic rings. The third-order valence-corrected chi connectivity index (χ3v) is 4.29. The van der Waals surface area contributed by atoms with Crippen LogP contribution >= 0.6 is 11.6 Å². The third-order valence-electron chi connectivity index (χ3n) is 3.54. The number of carbonyl (C=O) groups is 1. The second-order valence-electron chi connectivity index (χ2n) is 5.92. The summed E-state index contributed by atoms with van der Waals surface area (Å²) in [4.78, 5) is 11.9. The Morgan fingerprint density at radius 3 is 2.15 bits per heavy atom. The fraction of sp³-hybridized carbons (Fsp3) is 0.263. The van der Waals surface area contributed by atoms with Crippen LogP contribution in [0.4, 0.5) is 0 Å². The van der Waals surface area contributed by atoms with Crippen LogP contribution in [0.25, 0.3) is 0 Å². The van der Waals surface area contributed by atoms with Gasteiger partial charge in [0.25, 0.3) is 0 Å². The van der Waals surface area contributed by atoms with Crippen LogP contribution in [0.3, 0.4) is 0 Å². The molecular weight excluding hydrogens is 388 g/mol. The van der Waals surface area contributed by atoms with E-state index in [2.05, 4.69) is 10.5 Å². The topological polar surface area (TPSA) is 84.8 Å². The van der Waals surface area contributed by atoms with Gasteiger partial charge in [-0.2, -0.15) is 13.5 Å². The molecule has 0 spiro atoms. The number of nitrogens with zero attached hydrogens (tertiary/aromatic N) is 1. The summed E-state index contributed by atoms with van der Waals surface area (Å²) in [6.07, 6.45) is 3.08. The average molecular weight is 409 g/mol. The summed E-state index contributed by atoms with van der Waals surface area (Å²) in [5.74, 6) is 0.0315. The highest BCUT2D eigenvalue weighted by atomic mass is 35.5. The van der Waals surface area contributed by atoms with Crippen molar-refractivity contribution in [3.05, 3.63) is 64.7 Å². The zero-order chi connectivity index (χ0) is 19.9. The lowest BCUT2D eigenvalue weighted by Gasteiger charge is -2.09. The summed E-state index contributed by atoms with van der Waals surface area (Å²) in [5.41, 5.74) is 4.55. The molecule has 0 saturated carbocycles. The minimum atomic E-state index is -3.60. The number of hydrogen-bond acceptors (Lipinski definition) is 5. The molecule has 0 bridgehead atoms. The summed E-state index contributed by atoms with van der Waals surface area (Å²) in [6, 6.07) is 13.4. The molecule has 6 nitrogen and oxygen atoms in total. The van der Waals surface area contributed by atoms with E-state index in [1.807, 2.05) is 6.92 Å². The van der Waals surface area contributed by atoms with Crippen LogP contribution in [0.2, 0.25) is 5.02 Å². The van der Waals surface area contributed by atoms with E-state index in [4.69, 9.17) is 15.8 Å². The van der Waals surface area contributed by atoms with Gasteiger partial charge in [-0.05, 0) is 42.8 Å². The zero-order valence-electron chi connectivity index (χ0n) is 15.1. The molecule has 0 saturated heterocycles. The maximum atomic E-state index is 11.9. The molecule has 0 aliphatic heterocycles. The normalized spacial score (nSPS) is 11.9. The quantitative estimate of drug-likeness (QED) is 0.409. The smallest absolute Gasteiger partial charge is 0.306 e. The molecule has 0 radical (unpaired) electrons. The number of hydrogen-bond donors (Lipinski definition) is 1. The summed E-state index contributed by atoms with van der Waals surface area (Å²) in [6.45, 7) is 2.01. The van der Waals surface area contributed by atoms with Crippen LogP contribution in [0.5, 0.6) is 5.75 Å². The van der Waals surface area contributed by atoms with E-state index in [-0.39, 0.29) is 11.7 Å². The largest absolute Gasteiger partial charge is 0.383 e. The van der Waals surface area contributed by atoms with E-state index in [1.54, 1.807) is 36.4 Å². The molecule has 27 heavy (non-hydrogen) atoms. The fourth-order valence-electron chi connectivity index (χ4n) is 2.26. The van der Waals surface area contributed by atoms with Gasteiger partial charge < -0.3 is 4.18 Å². The third kappa shape index (κ3) is 7.03. The SMILES string of the molecule is CCCCC(=O)NN=C(c1ccc(Cl)cc1)c1ccc(OS(C)(=O)=O)cc1. The van der Waals surface area contributed by atoms with Gasteiger partial charge in [-0.25, -0.2) is 5.43 Å². The van der Waals surface area contributed by atoms with Gasteiger partial charge >= 0.3 is 10.1 Å². The van der Waals surface area contributed by atoms with Gasteiger partial charge in [0, 0.05) is 22.6 Å². The number of halogens is 1. The minimum absolute atomic E-state index is 0.166. The Morgan fingerprint density at radius 2 is 1.63 bits per heavy atom. The zero-order valence-corrected chi connectivity index (χ0v) is 16.7.